The topological polar surface area (TPSA) is 54.3 Å². The number of aromatic nitrogens is 1. The molecular formula is C18H24N2O2. The number of fused-ring (bicyclic) bond motifs is 1. The summed E-state index contributed by atoms with van der Waals surface area (Å²) < 4.78 is 2.23. The molecule has 3 rings (SSSR count). The van der Waals surface area contributed by atoms with Gasteiger partial charge in [0.1, 0.15) is 0 Å². The van der Waals surface area contributed by atoms with Crippen molar-refractivity contribution in [2.75, 3.05) is 0 Å². The van der Waals surface area contributed by atoms with Crippen LogP contribution in [-0.4, -0.2) is 21.7 Å². The number of carbonyl (C=O) groups is 1. The van der Waals surface area contributed by atoms with Crippen molar-refractivity contribution in [1.29, 1.82) is 0 Å². The van der Waals surface area contributed by atoms with Gasteiger partial charge in [0.2, 0.25) is 0 Å². The molecule has 4 heteroatoms. The van der Waals surface area contributed by atoms with Crippen LogP contribution in [-0.2, 0) is 6.54 Å². The number of aromatic carboxylic acids is 1. The minimum atomic E-state index is -0.867. The van der Waals surface area contributed by atoms with E-state index in [1.54, 1.807) is 6.07 Å². The SMILES string of the molecule is CC(C)n1cc(CNC2CCCC2)c2cc(C(=O)O)ccc21. The van der Waals surface area contributed by atoms with Gasteiger partial charge in [-0.05, 0) is 50.5 Å². The Hall–Kier alpha value is -1.81. The third-order valence-corrected chi connectivity index (χ3v) is 4.66. The number of benzene rings is 1. The summed E-state index contributed by atoms with van der Waals surface area (Å²) in [5, 5.41) is 13.9. The molecule has 1 fully saturated rings. The molecule has 1 aliphatic rings. The first-order valence-corrected chi connectivity index (χ1v) is 8.16. The lowest BCUT2D eigenvalue weighted by atomic mass is 10.1. The van der Waals surface area contributed by atoms with Gasteiger partial charge >= 0.3 is 5.97 Å². The fraction of sp³-hybridized carbons (Fsp3) is 0.500. The lowest BCUT2D eigenvalue weighted by molar-refractivity contribution is 0.0697. The van der Waals surface area contributed by atoms with Crippen LogP contribution in [0.4, 0.5) is 0 Å². The van der Waals surface area contributed by atoms with Crippen LogP contribution in [0.15, 0.2) is 24.4 Å². The van der Waals surface area contributed by atoms with Crippen LogP contribution in [0.5, 0.6) is 0 Å². The Kier molecular flexibility index (Phi) is 4.21. The van der Waals surface area contributed by atoms with E-state index >= 15 is 0 Å². The highest BCUT2D eigenvalue weighted by Gasteiger charge is 2.17. The Morgan fingerprint density at radius 1 is 1.36 bits per heavy atom. The predicted molar refractivity (Wildman–Crippen MR) is 88.4 cm³/mol. The Morgan fingerprint density at radius 2 is 2.09 bits per heavy atom. The molecule has 1 aromatic heterocycles. The van der Waals surface area contributed by atoms with Crippen LogP contribution in [0.2, 0.25) is 0 Å². The lowest BCUT2D eigenvalue weighted by Crippen LogP contribution is -2.25. The monoisotopic (exact) mass is 300 g/mol. The van der Waals surface area contributed by atoms with E-state index in [2.05, 4.69) is 29.9 Å². The van der Waals surface area contributed by atoms with Crippen molar-refractivity contribution < 1.29 is 9.90 Å². The molecule has 0 spiro atoms. The summed E-state index contributed by atoms with van der Waals surface area (Å²) in [5.41, 5.74) is 2.66. The lowest BCUT2D eigenvalue weighted by Gasteiger charge is -2.11. The summed E-state index contributed by atoms with van der Waals surface area (Å²) in [4.78, 5) is 11.2. The van der Waals surface area contributed by atoms with Crippen molar-refractivity contribution in [3.05, 3.63) is 35.5 Å². The predicted octanol–water partition coefficient (Wildman–Crippen LogP) is 3.95. The molecule has 0 bridgehead atoms. The van der Waals surface area contributed by atoms with Crippen molar-refractivity contribution in [2.24, 2.45) is 0 Å². The van der Waals surface area contributed by atoms with Gasteiger partial charge in [-0.1, -0.05) is 12.8 Å². The zero-order chi connectivity index (χ0) is 15.7. The van der Waals surface area contributed by atoms with Crippen LogP contribution < -0.4 is 5.32 Å². The van der Waals surface area contributed by atoms with Gasteiger partial charge in [-0.3, -0.25) is 0 Å². The fourth-order valence-corrected chi connectivity index (χ4v) is 3.41. The highest BCUT2D eigenvalue weighted by atomic mass is 16.4. The Balaban J connectivity index is 1.95. The number of hydrogen-bond acceptors (Lipinski definition) is 2. The molecule has 0 unspecified atom stereocenters. The second-order valence-corrected chi connectivity index (χ2v) is 6.55. The average molecular weight is 300 g/mol. The summed E-state index contributed by atoms with van der Waals surface area (Å²) in [6, 6.07) is 6.40. The Bertz CT molecular complexity index is 682. The van der Waals surface area contributed by atoms with Crippen molar-refractivity contribution in [3.63, 3.8) is 0 Å². The number of nitrogens with one attached hydrogen (secondary N) is 1. The van der Waals surface area contributed by atoms with Gasteiger partial charge in [-0.15, -0.1) is 0 Å². The summed E-state index contributed by atoms with van der Waals surface area (Å²) >= 11 is 0. The molecule has 2 N–H and O–H groups in total. The van der Waals surface area contributed by atoms with E-state index in [1.807, 2.05) is 12.1 Å². The van der Waals surface area contributed by atoms with Crippen LogP contribution >= 0.6 is 0 Å². The molecule has 0 saturated heterocycles. The molecule has 0 aliphatic heterocycles. The van der Waals surface area contributed by atoms with Crippen LogP contribution in [0, 0.1) is 0 Å². The highest BCUT2D eigenvalue weighted by molar-refractivity contribution is 5.95. The second kappa shape index (κ2) is 6.13. The second-order valence-electron chi connectivity index (χ2n) is 6.55. The number of carboxylic acids is 1. The Labute approximate surface area is 131 Å². The summed E-state index contributed by atoms with van der Waals surface area (Å²) in [7, 11) is 0. The molecule has 0 atom stereocenters. The summed E-state index contributed by atoms with van der Waals surface area (Å²) in [6.07, 6.45) is 7.30. The van der Waals surface area contributed by atoms with Gasteiger partial charge in [-0.25, -0.2) is 4.79 Å². The van der Waals surface area contributed by atoms with Crippen LogP contribution in [0.3, 0.4) is 0 Å². The normalized spacial score (nSPS) is 16.0. The summed E-state index contributed by atoms with van der Waals surface area (Å²) in [5.74, 6) is -0.867. The fourth-order valence-electron chi connectivity index (χ4n) is 3.41. The number of rotatable bonds is 5. The zero-order valence-corrected chi connectivity index (χ0v) is 13.3. The molecular weight excluding hydrogens is 276 g/mol. The maximum Gasteiger partial charge on any atom is 0.335 e. The van der Waals surface area contributed by atoms with Gasteiger partial charge in [0.25, 0.3) is 0 Å². The minimum absolute atomic E-state index is 0.358. The van der Waals surface area contributed by atoms with E-state index in [4.69, 9.17) is 0 Å². The van der Waals surface area contributed by atoms with E-state index in [0.717, 1.165) is 17.4 Å². The smallest absolute Gasteiger partial charge is 0.335 e. The standard InChI is InChI=1S/C18H24N2O2/c1-12(2)20-11-14(10-19-15-5-3-4-6-15)16-9-13(18(21)22)7-8-17(16)20/h7-9,11-12,15,19H,3-6,10H2,1-2H3,(H,21,22). The maximum atomic E-state index is 11.2. The van der Waals surface area contributed by atoms with Gasteiger partial charge in [-0.2, -0.15) is 0 Å². The van der Waals surface area contributed by atoms with E-state index in [1.165, 1.54) is 31.2 Å². The third-order valence-electron chi connectivity index (χ3n) is 4.66. The molecule has 0 amide bonds. The van der Waals surface area contributed by atoms with E-state index in [-0.39, 0.29) is 0 Å². The number of nitrogens with zero attached hydrogens (tertiary/aromatic N) is 1. The Morgan fingerprint density at radius 3 is 2.73 bits per heavy atom. The van der Waals surface area contributed by atoms with Gasteiger partial charge in [0.05, 0.1) is 5.56 Å². The first-order valence-electron chi connectivity index (χ1n) is 8.16. The average Bonchev–Trinajstić information content (AvgIpc) is 3.12. The minimum Gasteiger partial charge on any atom is -0.478 e. The van der Waals surface area contributed by atoms with E-state index in [0.29, 0.717) is 17.6 Å². The maximum absolute atomic E-state index is 11.2. The molecule has 4 nitrogen and oxygen atoms in total. The number of hydrogen-bond donors (Lipinski definition) is 2. The molecule has 118 valence electrons. The molecule has 2 aromatic rings. The molecule has 0 radical (unpaired) electrons. The van der Waals surface area contributed by atoms with Crippen molar-refractivity contribution in [1.82, 2.24) is 9.88 Å². The summed E-state index contributed by atoms with van der Waals surface area (Å²) in [6.45, 7) is 5.11. The molecule has 1 aromatic carbocycles. The first-order chi connectivity index (χ1) is 10.6. The van der Waals surface area contributed by atoms with E-state index < -0.39 is 5.97 Å². The quantitative estimate of drug-likeness (QED) is 0.879. The molecule has 22 heavy (non-hydrogen) atoms. The van der Waals surface area contributed by atoms with Crippen molar-refractivity contribution in [2.45, 2.75) is 58.2 Å². The van der Waals surface area contributed by atoms with E-state index in [9.17, 15) is 9.90 Å². The van der Waals surface area contributed by atoms with Gasteiger partial charge < -0.3 is 15.0 Å². The highest BCUT2D eigenvalue weighted by Crippen LogP contribution is 2.27. The largest absolute Gasteiger partial charge is 0.478 e. The third kappa shape index (κ3) is 2.88. The molecule has 1 heterocycles. The molecule has 1 aliphatic carbocycles. The first kappa shape index (κ1) is 15.1. The van der Waals surface area contributed by atoms with Crippen LogP contribution in [0.25, 0.3) is 10.9 Å². The van der Waals surface area contributed by atoms with Crippen molar-refractivity contribution >= 4 is 16.9 Å². The molecule has 1 saturated carbocycles. The number of carboxylic acid groups (broad SMARTS) is 1. The van der Waals surface area contributed by atoms with Gasteiger partial charge in [0.15, 0.2) is 0 Å². The zero-order valence-electron chi connectivity index (χ0n) is 13.3. The van der Waals surface area contributed by atoms with Crippen LogP contribution in [0.1, 0.15) is 61.5 Å². The van der Waals surface area contributed by atoms with Crippen molar-refractivity contribution in [3.8, 4) is 0 Å². The van der Waals surface area contributed by atoms with Gasteiger partial charge in [0, 0.05) is 35.7 Å².